The van der Waals surface area contributed by atoms with Crippen molar-refractivity contribution < 1.29 is 24.1 Å². The largest absolute Gasteiger partial charge is 0.507 e. The highest BCUT2D eigenvalue weighted by molar-refractivity contribution is 6.06. The van der Waals surface area contributed by atoms with Crippen molar-refractivity contribution in [3.05, 3.63) is 53.6 Å². The molecule has 0 bridgehead atoms. The molecular weight excluding hydrogens is 380 g/mol. The first-order chi connectivity index (χ1) is 14.6. The number of benzene rings is 3. The Kier molecular flexibility index (Phi) is 5.58. The monoisotopic (exact) mass is 408 g/mol. The van der Waals surface area contributed by atoms with E-state index in [1.54, 1.807) is 28.4 Å². The minimum atomic E-state index is -0.295. The van der Waals surface area contributed by atoms with Gasteiger partial charge < -0.3 is 24.1 Å². The van der Waals surface area contributed by atoms with Crippen molar-refractivity contribution in [3.63, 3.8) is 0 Å². The van der Waals surface area contributed by atoms with Crippen LogP contribution in [0.4, 0.5) is 0 Å². The second kappa shape index (κ2) is 8.17. The number of methoxy groups -OCH3 is 4. The summed E-state index contributed by atoms with van der Waals surface area (Å²) in [5.41, 5.74) is 4.37. The van der Waals surface area contributed by atoms with Crippen molar-refractivity contribution >= 4 is 10.8 Å². The van der Waals surface area contributed by atoms with E-state index in [1.807, 2.05) is 18.2 Å². The maximum Gasteiger partial charge on any atom is 0.161 e. The molecule has 5 heteroatoms. The minimum absolute atomic E-state index is 0.233. The molecule has 158 valence electrons. The van der Waals surface area contributed by atoms with Gasteiger partial charge in [0, 0.05) is 38.2 Å². The van der Waals surface area contributed by atoms with E-state index in [4.69, 9.17) is 18.9 Å². The van der Waals surface area contributed by atoms with Gasteiger partial charge in [-0.25, -0.2) is 0 Å². The summed E-state index contributed by atoms with van der Waals surface area (Å²) in [6, 6.07) is 14.2. The summed E-state index contributed by atoms with van der Waals surface area (Å²) in [5, 5.41) is 12.7. The number of ether oxygens (including phenoxy) is 4. The molecule has 0 radical (unpaired) electrons. The normalized spacial score (nSPS) is 13.9. The molecule has 0 spiro atoms. The SMILES string of the molecule is COCCC1(CCOC)c2ccccc2-c2c1cc(O)c1cc(OC)c(OC)cc21. The Morgan fingerprint density at radius 3 is 1.97 bits per heavy atom. The van der Waals surface area contributed by atoms with E-state index >= 15 is 0 Å². The van der Waals surface area contributed by atoms with E-state index in [9.17, 15) is 5.11 Å². The average molecular weight is 408 g/mol. The fourth-order valence-corrected chi connectivity index (χ4v) is 4.88. The van der Waals surface area contributed by atoms with Crippen LogP contribution in [0.25, 0.3) is 21.9 Å². The van der Waals surface area contributed by atoms with Crippen LogP contribution in [-0.4, -0.2) is 46.8 Å². The number of phenols is 1. The topological polar surface area (TPSA) is 57.2 Å². The van der Waals surface area contributed by atoms with Crippen LogP contribution in [0.5, 0.6) is 17.2 Å². The van der Waals surface area contributed by atoms with E-state index < -0.39 is 0 Å². The van der Waals surface area contributed by atoms with Gasteiger partial charge in [0.2, 0.25) is 0 Å². The zero-order valence-corrected chi connectivity index (χ0v) is 18.0. The van der Waals surface area contributed by atoms with Crippen molar-refractivity contribution in [2.45, 2.75) is 18.3 Å². The van der Waals surface area contributed by atoms with Gasteiger partial charge in [-0.05, 0) is 58.7 Å². The molecule has 0 heterocycles. The van der Waals surface area contributed by atoms with Crippen LogP contribution in [-0.2, 0) is 14.9 Å². The lowest BCUT2D eigenvalue weighted by Crippen LogP contribution is -2.28. The Morgan fingerprint density at radius 2 is 1.37 bits per heavy atom. The summed E-state index contributed by atoms with van der Waals surface area (Å²) in [5.74, 6) is 1.47. The summed E-state index contributed by atoms with van der Waals surface area (Å²) in [6.45, 7) is 1.23. The third kappa shape index (κ3) is 3.01. The van der Waals surface area contributed by atoms with Gasteiger partial charge >= 0.3 is 0 Å². The van der Waals surface area contributed by atoms with E-state index in [0.29, 0.717) is 24.7 Å². The lowest BCUT2D eigenvalue weighted by atomic mass is 9.73. The molecule has 0 fully saturated rings. The first-order valence-corrected chi connectivity index (χ1v) is 10.1. The van der Waals surface area contributed by atoms with Gasteiger partial charge in [0.1, 0.15) is 5.75 Å². The number of rotatable bonds is 8. The standard InChI is InChI=1S/C25H28O5/c1-27-11-9-25(10-12-28-2)19-8-6-5-7-16(19)24-18-14-23(30-4)22(29-3)13-17(18)21(26)15-20(24)25/h5-8,13-15,26H,9-12H2,1-4H3. The smallest absolute Gasteiger partial charge is 0.161 e. The summed E-state index contributed by atoms with van der Waals surface area (Å²) >= 11 is 0. The molecule has 0 unspecified atom stereocenters. The molecular formula is C25H28O5. The lowest BCUT2D eigenvalue weighted by molar-refractivity contribution is 0.145. The fourth-order valence-electron chi connectivity index (χ4n) is 4.88. The molecule has 1 N–H and O–H groups in total. The number of hydrogen-bond acceptors (Lipinski definition) is 5. The molecule has 3 aromatic carbocycles. The molecule has 0 amide bonds. The van der Waals surface area contributed by atoms with Crippen molar-refractivity contribution in [2.24, 2.45) is 0 Å². The van der Waals surface area contributed by atoms with Gasteiger partial charge in [0.05, 0.1) is 14.2 Å². The number of fused-ring (bicyclic) bond motifs is 5. The second-order valence-corrected chi connectivity index (χ2v) is 7.68. The highest BCUT2D eigenvalue weighted by Gasteiger charge is 2.43. The maximum atomic E-state index is 11.0. The lowest BCUT2D eigenvalue weighted by Gasteiger charge is -2.32. The molecule has 1 aliphatic carbocycles. The second-order valence-electron chi connectivity index (χ2n) is 7.68. The third-order valence-corrected chi connectivity index (χ3v) is 6.31. The average Bonchev–Trinajstić information content (AvgIpc) is 3.05. The van der Waals surface area contributed by atoms with Crippen molar-refractivity contribution in [3.8, 4) is 28.4 Å². The van der Waals surface area contributed by atoms with E-state index in [2.05, 4.69) is 24.3 Å². The Morgan fingerprint density at radius 1 is 0.767 bits per heavy atom. The first-order valence-electron chi connectivity index (χ1n) is 10.1. The number of aromatic hydroxyl groups is 1. The molecule has 1 aliphatic rings. The predicted octanol–water partition coefficient (Wildman–Crippen LogP) is 4.90. The van der Waals surface area contributed by atoms with Crippen LogP contribution in [0, 0.1) is 0 Å². The molecule has 0 aromatic heterocycles. The molecule has 0 atom stereocenters. The van der Waals surface area contributed by atoms with Crippen LogP contribution >= 0.6 is 0 Å². The van der Waals surface area contributed by atoms with E-state index in [1.165, 1.54) is 11.1 Å². The Balaban J connectivity index is 2.08. The molecule has 0 aliphatic heterocycles. The van der Waals surface area contributed by atoms with Crippen molar-refractivity contribution in [1.82, 2.24) is 0 Å². The summed E-state index contributed by atoms with van der Waals surface area (Å²) in [4.78, 5) is 0. The number of phenolic OH excluding ortho intramolecular Hbond substituents is 1. The molecule has 0 saturated heterocycles. The highest BCUT2D eigenvalue weighted by atomic mass is 16.5. The molecule has 30 heavy (non-hydrogen) atoms. The first kappa shape index (κ1) is 20.5. The van der Waals surface area contributed by atoms with Gasteiger partial charge in [0.25, 0.3) is 0 Å². The Labute approximate surface area is 177 Å². The Hall–Kier alpha value is -2.76. The summed E-state index contributed by atoms with van der Waals surface area (Å²) in [7, 11) is 6.67. The number of hydrogen-bond donors (Lipinski definition) is 1. The Bertz CT molecular complexity index is 1060. The van der Waals surface area contributed by atoms with Crippen molar-refractivity contribution in [1.29, 1.82) is 0 Å². The summed E-state index contributed by atoms with van der Waals surface area (Å²) in [6.07, 6.45) is 1.60. The van der Waals surface area contributed by atoms with Crippen LogP contribution in [0.15, 0.2) is 42.5 Å². The molecule has 3 aromatic rings. The van der Waals surface area contributed by atoms with Gasteiger partial charge in [-0.3, -0.25) is 0 Å². The van der Waals surface area contributed by atoms with Crippen LogP contribution in [0.2, 0.25) is 0 Å². The fraction of sp³-hybridized carbons (Fsp3) is 0.360. The van der Waals surface area contributed by atoms with E-state index in [0.717, 1.165) is 34.7 Å². The van der Waals surface area contributed by atoms with E-state index in [-0.39, 0.29) is 11.2 Å². The maximum absolute atomic E-state index is 11.0. The van der Waals surface area contributed by atoms with Gasteiger partial charge in [-0.1, -0.05) is 24.3 Å². The zero-order valence-electron chi connectivity index (χ0n) is 18.0. The summed E-state index contributed by atoms with van der Waals surface area (Å²) < 4.78 is 22.0. The minimum Gasteiger partial charge on any atom is -0.507 e. The van der Waals surface area contributed by atoms with Crippen LogP contribution in [0.1, 0.15) is 24.0 Å². The van der Waals surface area contributed by atoms with Crippen molar-refractivity contribution in [2.75, 3.05) is 41.7 Å². The predicted molar refractivity (Wildman–Crippen MR) is 118 cm³/mol. The van der Waals surface area contributed by atoms with Gasteiger partial charge in [-0.15, -0.1) is 0 Å². The quantitative estimate of drug-likeness (QED) is 0.574. The highest BCUT2D eigenvalue weighted by Crippen LogP contribution is 2.57. The molecule has 0 saturated carbocycles. The zero-order chi connectivity index (χ0) is 21.3. The van der Waals surface area contributed by atoms with Crippen LogP contribution < -0.4 is 9.47 Å². The van der Waals surface area contributed by atoms with Gasteiger partial charge in [-0.2, -0.15) is 0 Å². The van der Waals surface area contributed by atoms with Gasteiger partial charge in [0.15, 0.2) is 11.5 Å². The van der Waals surface area contributed by atoms with Crippen LogP contribution in [0.3, 0.4) is 0 Å². The third-order valence-electron chi connectivity index (χ3n) is 6.31. The molecule has 5 nitrogen and oxygen atoms in total. The molecule has 4 rings (SSSR count).